The Labute approximate surface area is 206 Å². The van der Waals surface area contributed by atoms with Crippen molar-refractivity contribution >= 4 is 26.0 Å². The van der Waals surface area contributed by atoms with Crippen LogP contribution in [-0.2, 0) is 33.0 Å². The van der Waals surface area contributed by atoms with Gasteiger partial charge in [0.15, 0.2) is 0 Å². The minimum atomic E-state index is -3.71. The van der Waals surface area contributed by atoms with E-state index in [0.717, 1.165) is 16.7 Å². The van der Waals surface area contributed by atoms with Gasteiger partial charge in [-0.05, 0) is 54.8 Å². The number of nitrogens with one attached hydrogen (secondary N) is 1. The van der Waals surface area contributed by atoms with Crippen LogP contribution in [0.3, 0.4) is 0 Å². The SMILES string of the molecule is CS(=O)(=O)N(CCCN)Cc1cccc(-c2ccnc(NCCc3ccc(S(N)(=O)=O)cc3)n2)c1. The molecule has 5 N–H and O–H groups in total. The number of sulfonamides is 2. The molecule has 0 amide bonds. The highest BCUT2D eigenvalue weighted by molar-refractivity contribution is 7.89. The van der Waals surface area contributed by atoms with Gasteiger partial charge in [-0.2, -0.15) is 4.31 Å². The lowest BCUT2D eigenvalue weighted by Crippen LogP contribution is -2.31. The summed E-state index contributed by atoms with van der Waals surface area (Å²) in [4.78, 5) is 8.91. The fourth-order valence-corrected chi connectivity index (χ4v) is 4.79. The van der Waals surface area contributed by atoms with E-state index in [2.05, 4.69) is 15.3 Å². The Kier molecular flexibility index (Phi) is 8.92. The number of hydrogen-bond acceptors (Lipinski definition) is 8. The molecule has 0 fully saturated rings. The average Bonchev–Trinajstić information content (AvgIpc) is 2.81. The zero-order valence-corrected chi connectivity index (χ0v) is 21.1. The third kappa shape index (κ3) is 8.08. The van der Waals surface area contributed by atoms with E-state index in [1.54, 1.807) is 24.4 Å². The van der Waals surface area contributed by atoms with Gasteiger partial charge in [-0.15, -0.1) is 0 Å². The van der Waals surface area contributed by atoms with Gasteiger partial charge in [-0.3, -0.25) is 0 Å². The summed E-state index contributed by atoms with van der Waals surface area (Å²) < 4.78 is 48.4. The van der Waals surface area contributed by atoms with E-state index in [1.165, 1.54) is 22.7 Å². The molecule has 1 aromatic heterocycles. The van der Waals surface area contributed by atoms with Gasteiger partial charge < -0.3 is 11.1 Å². The minimum Gasteiger partial charge on any atom is -0.354 e. The van der Waals surface area contributed by atoms with Gasteiger partial charge in [0.2, 0.25) is 26.0 Å². The fraction of sp³-hybridized carbons (Fsp3) is 0.304. The number of anilines is 1. The second-order valence-corrected chi connectivity index (χ2v) is 11.6. The molecule has 3 aromatic rings. The molecule has 0 aliphatic heterocycles. The Balaban J connectivity index is 1.66. The van der Waals surface area contributed by atoms with Crippen molar-refractivity contribution in [2.45, 2.75) is 24.3 Å². The average molecular weight is 519 g/mol. The zero-order valence-electron chi connectivity index (χ0n) is 19.5. The lowest BCUT2D eigenvalue weighted by atomic mass is 10.1. The molecule has 0 aliphatic carbocycles. The molecule has 3 rings (SSSR count). The van der Waals surface area contributed by atoms with Gasteiger partial charge >= 0.3 is 0 Å². The van der Waals surface area contributed by atoms with Crippen molar-refractivity contribution in [3.63, 3.8) is 0 Å². The zero-order chi connectivity index (χ0) is 25.5. The normalized spacial score (nSPS) is 12.1. The van der Waals surface area contributed by atoms with Gasteiger partial charge in [0.25, 0.3) is 0 Å². The van der Waals surface area contributed by atoms with Crippen molar-refractivity contribution < 1.29 is 16.8 Å². The van der Waals surface area contributed by atoms with Gasteiger partial charge in [0.05, 0.1) is 16.8 Å². The van der Waals surface area contributed by atoms with Crippen LogP contribution in [0.25, 0.3) is 11.3 Å². The van der Waals surface area contributed by atoms with Crippen LogP contribution in [-0.4, -0.2) is 57.0 Å². The summed E-state index contributed by atoms with van der Waals surface area (Å²) in [7, 11) is -7.07. The molecule has 2 aromatic carbocycles. The molecule has 188 valence electrons. The Morgan fingerprint density at radius 2 is 1.74 bits per heavy atom. The Hall–Kier alpha value is -2.90. The van der Waals surface area contributed by atoms with Crippen molar-refractivity contribution in [1.29, 1.82) is 0 Å². The molecule has 0 saturated heterocycles. The molecule has 0 bridgehead atoms. The van der Waals surface area contributed by atoms with Crippen LogP contribution >= 0.6 is 0 Å². The van der Waals surface area contributed by atoms with Gasteiger partial charge in [-0.25, -0.2) is 31.9 Å². The summed E-state index contributed by atoms with van der Waals surface area (Å²) in [5.41, 5.74) is 8.89. The van der Waals surface area contributed by atoms with E-state index in [-0.39, 0.29) is 11.4 Å². The van der Waals surface area contributed by atoms with Crippen molar-refractivity contribution in [2.24, 2.45) is 10.9 Å². The molecule has 1 heterocycles. The van der Waals surface area contributed by atoms with E-state index in [9.17, 15) is 16.8 Å². The lowest BCUT2D eigenvalue weighted by Gasteiger charge is -2.20. The number of nitrogens with two attached hydrogens (primary N) is 2. The van der Waals surface area contributed by atoms with Gasteiger partial charge in [-0.1, -0.05) is 30.3 Å². The molecule has 35 heavy (non-hydrogen) atoms. The predicted octanol–water partition coefficient (Wildman–Crippen LogP) is 1.56. The van der Waals surface area contributed by atoms with Crippen LogP contribution in [0.5, 0.6) is 0 Å². The van der Waals surface area contributed by atoms with Crippen molar-refractivity contribution in [1.82, 2.24) is 14.3 Å². The first-order valence-corrected chi connectivity index (χ1v) is 14.4. The summed E-state index contributed by atoms with van der Waals surface area (Å²) in [5.74, 6) is 0.453. The first-order valence-electron chi connectivity index (χ1n) is 11.0. The highest BCUT2D eigenvalue weighted by Gasteiger charge is 2.17. The summed E-state index contributed by atoms with van der Waals surface area (Å²) in [6.45, 7) is 1.59. The van der Waals surface area contributed by atoms with Crippen LogP contribution in [0.2, 0.25) is 0 Å². The van der Waals surface area contributed by atoms with Crippen LogP contribution in [0.15, 0.2) is 65.7 Å². The number of hydrogen-bond donors (Lipinski definition) is 3. The molecule has 0 unspecified atom stereocenters. The predicted molar refractivity (Wildman–Crippen MR) is 136 cm³/mol. The number of rotatable bonds is 12. The maximum absolute atomic E-state index is 12.1. The largest absolute Gasteiger partial charge is 0.354 e. The highest BCUT2D eigenvalue weighted by Crippen LogP contribution is 2.21. The van der Waals surface area contributed by atoms with E-state index in [1.807, 2.05) is 24.3 Å². The number of primary sulfonamides is 1. The van der Waals surface area contributed by atoms with E-state index < -0.39 is 20.0 Å². The van der Waals surface area contributed by atoms with E-state index in [4.69, 9.17) is 10.9 Å². The smallest absolute Gasteiger partial charge is 0.238 e. The van der Waals surface area contributed by atoms with E-state index in [0.29, 0.717) is 44.1 Å². The topological polar surface area (TPSA) is 161 Å². The third-order valence-electron chi connectivity index (χ3n) is 5.27. The maximum atomic E-state index is 12.1. The maximum Gasteiger partial charge on any atom is 0.238 e. The highest BCUT2D eigenvalue weighted by atomic mass is 32.2. The van der Waals surface area contributed by atoms with E-state index >= 15 is 0 Å². The summed E-state index contributed by atoms with van der Waals surface area (Å²) in [6, 6.07) is 15.8. The Bertz CT molecular complexity index is 1350. The number of aromatic nitrogens is 2. The lowest BCUT2D eigenvalue weighted by molar-refractivity contribution is 0.405. The van der Waals surface area contributed by atoms with Crippen LogP contribution in [0.1, 0.15) is 17.5 Å². The summed E-state index contributed by atoms with van der Waals surface area (Å²) in [5, 5.41) is 8.30. The second-order valence-electron chi connectivity index (χ2n) is 8.07. The summed E-state index contributed by atoms with van der Waals surface area (Å²) >= 11 is 0. The molecule has 0 spiro atoms. The van der Waals surface area contributed by atoms with Crippen molar-refractivity contribution in [3.05, 3.63) is 71.9 Å². The first-order chi connectivity index (χ1) is 16.6. The standard InChI is InChI=1S/C23H30N6O4S2/c1-34(30,31)29(15-3-12-24)17-19-4-2-5-20(16-19)22-11-14-27-23(28-22)26-13-10-18-6-8-21(9-7-18)35(25,32)33/h2,4-9,11,14,16H,3,10,12-13,15,17,24H2,1H3,(H2,25,32,33)(H,26,27,28). The molecule has 0 saturated carbocycles. The molecule has 0 atom stereocenters. The van der Waals surface area contributed by atoms with Crippen molar-refractivity contribution in [3.8, 4) is 11.3 Å². The molecule has 12 heteroatoms. The Morgan fingerprint density at radius 1 is 1.00 bits per heavy atom. The molecule has 10 nitrogen and oxygen atoms in total. The monoisotopic (exact) mass is 518 g/mol. The first kappa shape index (κ1) is 26.7. The molecule has 0 radical (unpaired) electrons. The summed E-state index contributed by atoms with van der Waals surface area (Å²) in [6.07, 6.45) is 4.08. The van der Waals surface area contributed by atoms with Gasteiger partial charge in [0, 0.05) is 31.4 Å². The minimum absolute atomic E-state index is 0.0755. The quantitative estimate of drug-likeness (QED) is 0.325. The number of nitrogens with zero attached hydrogens (tertiary/aromatic N) is 3. The van der Waals surface area contributed by atoms with Gasteiger partial charge in [0.1, 0.15) is 0 Å². The van der Waals surface area contributed by atoms with Crippen LogP contribution in [0, 0.1) is 0 Å². The Morgan fingerprint density at radius 3 is 2.40 bits per heavy atom. The number of benzene rings is 2. The van der Waals surface area contributed by atoms with Crippen molar-refractivity contribution in [2.75, 3.05) is 31.2 Å². The molecule has 0 aliphatic rings. The molecular formula is C23H30N6O4S2. The second kappa shape index (κ2) is 11.7. The third-order valence-corrected chi connectivity index (χ3v) is 7.45. The van der Waals surface area contributed by atoms with Crippen LogP contribution < -0.4 is 16.2 Å². The fourth-order valence-electron chi connectivity index (χ4n) is 3.43. The van der Waals surface area contributed by atoms with Crippen LogP contribution in [0.4, 0.5) is 5.95 Å². The molecular weight excluding hydrogens is 488 g/mol.